The van der Waals surface area contributed by atoms with E-state index in [0.717, 1.165) is 47.8 Å². The maximum absolute atomic E-state index is 13.0. The Morgan fingerprint density at radius 2 is 2.07 bits per heavy atom. The highest BCUT2D eigenvalue weighted by Gasteiger charge is 2.24. The van der Waals surface area contributed by atoms with Gasteiger partial charge in [-0.15, -0.1) is 11.3 Å². The molecule has 1 aliphatic heterocycles. The van der Waals surface area contributed by atoms with Gasteiger partial charge in [0.2, 0.25) is 0 Å². The van der Waals surface area contributed by atoms with Gasteiger partial charge in [-0.3, -0.25) is 9.78 Å². The fraction of sp³-hybridized carbons (Fsp3) is 0.333. The van der Waals surface area contributed by atoms with Crippen molar-refractivity contribution >= 4 is 17.2 Å². The number of hydrogen-bond donors (Lipinski definition) is 0. The number of rotatable bonds is 9. The van der Waals surface area contributed by atoms with Gasteiger partial charge in [-0.05, 0) is 54.1 Å². The van der Waals surface area contributed by atoms with Crippen LogP contribution < -0.4 is 4.74 Å². The van der Waals surface area contributed by atoms with Crippen LogP contribution in [-0.4, -0.2) is 41.7 Å². The first-order chi connectivity index (χ1) is 14.8. The Bertz CT molecular complexity index is 907. The number of benzene rings is 1. The first kappa shape index (κ1) is 20.6. The lowest BCUT2D eigenvalue weighted by molar-refractivity contribution is 0.0511. The van der Waals surface area contributed by atoms with Gasteiger partial charge in [-0.1, -0.05) is 24.3 Å². The molecule has 1 unspecified atom stereocenters. The first-order valence-electron chi connectivity index (χ1n) is 10.3. The number of carbonyl (C=O) groups excluding carboxylic acids is 1. The van der Waals surface area contributed by atoms with Crippen molar-refractivity contribution in [2.24, 2.45) is 0 Å². The third-order valence-corrected chi connectivity index (χ3v) is 5.97. The van der Waals surface area contributed by atoms with Crippen LogP contribution in [0.2, 0.25) is 0 Å². The predicted molar refractivity (Wildman–Crippen MR) is 118 cm³/mol. The van der Waals surface area contributed by atoms with E-state index in [-0.39, 0.29) is 12.0 Å². The summed E-state index contributed by atoms with van der Waals surface area (Å²) in [5, 5.41) is 1.94. The van der Waals surface area contributed by atoms with Gasteiger partial charge in [0.05, 0.1) is 17.6 Å². The van der Waals surface area contributed by atoms with Crippen molar-refractivity contribution in [2.45, 2.75) is 31.9 Å². The molecule has 0 bridgehead atoms. The normalized spacial score (nSPS) is 15.8. The number of nitrogens with zero attached hydrogens (tertiary/aromatic N) is 2. The fourth-order valence-corrected chi connectivity index (χ4v) is 4.23. The van der Waals surface area contributed by atoms with E-state index in [1.807, 2.05) is 64.9 Å². The Balaban J connectivity index is 1.35. The molecule has 0 spiro atoms. The largest absolute Gasteiger partial charge is 0.493 e. The summed E-state index contributed by atoms with van der Waals surface area (Å²) in [6.45, 7) is 2.55. The Morgan fingerprint density at radius 1 is 1.17 bits per heavy atom. The van der Waals surface area contributed by atoms with E-state index in [2.05, 4.69) is 4.98 Å². The summed E-state index contributed by atoms with van der Waals surface area (Å²) >= 11 is 1.48. The molecule has 30 heavy (non-hydrogen) atoms. The van der Waals surface area contributed by atoms with Crippen LogP contribution in [0.15, 0.2) is 66.2 Å². The zero-order valence-corrected chi connectivity index (χ0v) is 17.7. The van der Waals surface area contributed by atoms with E-state index in [0.29, 0.717) is 19.7 Å². The molecule has 1 atom stereocenters. The average molecular weight is 423 g/mol. The molecule has 5 nitrogen and oxygen atoms in total. The summed E-state index contributed by atoms with van der Waals surface area (Å²) in [4.78, 5) is 20.0. The van der Waals surface area contributed by atoms with E-state index in [4.69, 9.17) is 9.47 Å². The summed E-state index contributed by atoms with van der Waals surface area (Å²) in [7, 11) is 0. The lowest BCUT2D eigenvalue weighted by atomic mass is 10.1. The molecule has 0 saturated carbocycles. The standard InChI is InChI=1S/C24H26N2O3S/c27-24(23-7-4-16-30-23)26(18-22-6-3-14-28-22)17-19-8-10-21(11-9-19)29-15-12-20-5-1-2-13-25-20/h1-2,4-5,7-11,13,16,22H,3,6,12,14-15,17-18H2. The molecule has 1 saturated heterocycles. The van der Waals surface area contributed by atoms with E-state index >= 15 is 0 Å². The number of aromatic nitrogens is 1. The zero-order valence-electron chi connectivity index (χ0n) is 16.9. The van der Waals surface area contributed by atoms with Crippen molar-refractivity contribution in [1.82, 2.24) is 9.88 Å². The summed E-state index contributed by atoms with van der Waals surface area (Å²) in [6.07, 6.45) is 4.77. The lowest BCUT2D eigenvalue weighted by Gasteiger charge is -2.25. The number of thiophene rings is 1. The van der Waals surface area contributed by atoms with Crippen molar-refractivity contribution in [2.75, 3.05) is 19.8 Å². The van der Waals surface area contributed by atoms with Crippen LogP contribution in [0.1, 0.15) is 33.8 Å². The van der Waals surface area contributed by atoms with Crippen molar-refractivity contribution in [3.8, 4) is 5.75 Å². The number of ether oxygens (including phenoxy) is 2. The van der Waals surface area contributed by atoms with Crippen molar-refractivity contribution < 1.29 is 14.3 Å². The molecular formula is C24H26N2O3S. The predicted octanol–water partition coefficient (Wildman–Crippen LogP) is 4.59. The van der Waals surface area contributed by atoms with Gasteiger partial charge < -0.3 is 14.4 Å². The van der Waals surface area contributed by atoms with Crippen molar-refractivity contribution in [3.63, 3.8) is 0 Å². The molecule has 2 aromatic heterocycles. The minimum Gasteiger partial charge on any atom is -0.493 e. The maximum atomic E-state index is 13.0. The average Bonchev–Trinajstić information content (AvgIpc) is 3.49. The van der Waals surface area contributed by atoms with E-state index in [9.17, 15) is 4.79 Å². The van der Waals surface area contributed by atoms with E-state index in [1.165, 1.54) is 11.3 Å². The molecule has 0 aliphatic carbocycles. The molecule has 1 aromatic carbocycles. The summed E-state index contributed by atoms with van der Waals surface area (Å²) in [6, 6.07) is 17.7. The van der Waals surface area contributed by atoms with Crippen LogP contribution in [0, 0.1) is 0 Å². The van der Waals surface area contributed by atoms with Crippen molar-refractivity contribution in [3.05, 3.63) is 82.3 Å². The molecule has 0 N–H and O–H groups in total. The third kappa shape index (κ3) is 5.68. The first-order valence-corrected chi connectivity index (χ1v) is 11.2. The van der Waals surface area contributed by atoms with Gasteiger partial charge in [0.25, 0.3) is 5.91 Å². The lowest BCUT2D eigenvalue weighted by Crippen LogP contribution is -2.36. The van der Waals surface area contributed by atoms with Crippen LogP contribution in [0.25, 0.3) is 0 Å². The second kappa shape index (κ2) is 10.4. The minimum atomic E-state index is 0.0659. The molecular weight excluding hydrogens is 396 g/mol. The topological polar surface area (TPSA) is 51.7 Å². The highest BCUT2D eigenvalue weighted by atomic mass is 32.1. The van der Waals surface area contributed by atoms with Gasteiger partial charge in [0.1, 0.15) is 5.75 Å². The van der Waals surface area contributed by atoms with Crippen molar-refractivity contribution in [1.29, 1.82) is 0 Å². The highest BCUT2D eigenvalue weighted by Crippen LogP contribution is 2.20. The van der Waals surface area contributed by atoms with E-state index < -0.39 is 0 Å². The Labute approximate surface area is 181 Å². The molecule has 0 radical (unpaired) electrons. The third-order valence-electron chi connectivity index (χ3n) is 5.12. The fourth-order valence-electron chi connectivity index (χ4n) is 3.54. The minimum absolute atomic E-state index is 0.0659. The summed E-state index contributed by atoms with van der Waals surface area (Å²) < 4.78 is 11.6. The number of pyridine rings is 1. The second-order valence-electron chi connectivity index (χ2n) is 7.36. The Hall–Kier alpha value is -2.70. The summed E-state index contributed by atoms with van der Waals surface area (Å²) in [5.41, 5.74) is 2.10. The highest BCUT2D eigenvalue weighted by molar-refractivity contribution is 7.12. The Kier molecular flexibility index (Phi) is 7.11. The van der Waals surface area contributed by atoms with Crippen LogP contribution in [0.3, 0.4) is 0 Å². The van der Waals surface area contributed by atoms with Crippen LogP contribution in [0.5, 0.6) is 5.75 Å². The van der Waals surface area contributed by atoms with Gasteiger partial charge in [-0.2, -0.15) is 0 Å². The molecule has 4 rings (SSSR count). The number of carbonyl (C=O) groups is 1. The molecule has 1 amide bonds. The zero-order chi connectivity index (χ0) is 20.6. The molecule has 3 heterocycles. The molecule has 1 fully saturated rings. The SMILES string of the molecule is O=C(c1cccs1)N(Cc1ccc(OCCc2ccccn2)cc1)CC1CCCO1. The molecule has 1 aliphatic rings. The van der Waals surface area contributed by atoms with Gasteiger partial charge in [0.15, 0.2) is 0 Å². The van der Waals surface area contributed by atoms with Gasteiger partial charge in [0, 0.05) is 38.0 Å². The van der Waals surface area contributed by atoms with Crippen LogP contribution in [0.4, 0.5) is 0 Å². The Morgan fingerprint density at radius 3 is 2.77 bits per heavy atom. The monoisotopic (exact) mass is 422 g/mol. The van der Waals surface area contributed by atoms with Gasteiger partial charge >= 0.3 is 0 Å². The number of amides is 1. The second-order valence-corrected chi connectivity index (χ2v) is 8.31. The van der Waals surface area contributed by atoms with Gasteiger partial charge in [-0.25, -0.2) is 0 Å². The molecule has 6 heteroatoms. The van der Waals surface area contributed by atoms with E-state index in [1.54, 1.807) is 6.20 Å². The molecule has 156 valence electrons. The summed E-state index contributed by atoms with van der Waals surface area (Å²) in [5.74, 6) is 0.890. The molecule has 3 aromatic rings. The van der Waals surface area contributed by atoms with Crippen LogP contribution >= 0.6 is 11.3 Å². The maximum Gasteiger partial charge on any atom is 0.264 e. The number of hydrogen-bond acceptors (Lipinski definition) is 5. The van der Waals surface area contributed by atoms with Crippen LogP contribution in [-0.2, 0) is 17.7 Å². The smallest absolute Gasteiger partial charge is 0.264 e. The quantitative estimate of drug-likeness (QED) is 0.506.